The maximum atomic E-state index is 13.0. The van der Waals surface area contributed by atoms with E-state index in [-0.39, 0.29) is 25.6 Å². The lowest BCUT2D eigenvalue weighted by molar-refractivity contribution is -0.144. The van der Waals surface area contributed by atoms with Crippen LogP contribution in [-0.4, -0.2) is 279 Å². The van der Waals surface area contributed by atoms with Gasteiger partial charge < -0.3 is 85.6 Å². The van der Waals surface area contributed by atoms with Crippen LogP contribution in [0.2, 0.25) is 0 Å². The minimum Gasteiger partial charge on any atom is -0.448 e. The van der Waals surface area contributed by atoms with Crippen molar-refractivity contribution in [2.75, 3.05) is 114 Å². The van der Waals surface area contributed by atoms with Crippen LogP contribution in [0.4, 0.5) is 4.79 Å². The predicted molar refractivity (Wildman–Crippen MR) is 240 cm³/mol. The quantitative estimate of drug-likeness (QED) is 0.0397. The van der Waals surface area contributed by atoms with Crippen molar-refractivity contribution in [3.63, 3.8) is 0 Å². The Morgan fingerprint density at radius 1 is 0.529 bits per heavy atom. The van der Waals surface area contributed by atoms with Crippen molar-refractivity contribution in [1.29, 1.82) is 0 Å². The molecule has 68 heavy (non-hydrogen) atoms. The first-order chi connectivity index (χ1) is 32.0. The van der Waals surface area contributed by atoms with E-state index < -0.39 is 143 Å². The zero-order valence-corrected chi connectivity index (χ0v) is 38.8. The number of carbonyl (C=O) groups is 6. The van der Waals surface area contributed by atoms with Crippen LogP contribution in [0.25, 0.3) is 11.1 Å². The number of aliphatic hydroxyl groups excluding tert-OH is 10. The molecule has 0 fully saturated rings. The Morgan fingerprint density at radius 2 is 0.882 bits per heavy atom. The fourth-order valence-electron chi connectivity index (χ4n) is 7.17. The second-order valence-electron chi connectivity index (χ2n) is 16.9. The van der Waals surface area contributed by atoms with E-state index in [2.05, 4.69) is 5.32 Å². The molecule has 2 aromatic rings. The van der Waals surface area contributed by atoms with E-state index in [1.165, 1.54) is 40.1 Å². The third-order valence-electron chi connectivity index (χ3n) is 11.5. The van der Waals surface area contributed by atoms with E-state index in [1.54, 1.807) is 0 Å². The lowest BCUT2D eigenvalue weighted by Gasteiger charge is -2.33. The van der Waals surface area contributed by atoms with Gasteiger partial charge in [0, 0.05) is 67.3 Å². The molecule has 0 bridgehead atoms. The number of fused-ring (bicyclic) bond motifs is 3. The zero-order chi connectivity index (χ0) is 51.0. The van der Waals surface area contributed by atoms with E-state index in [1.807, 2.05) is 48.5 Å². The molecule has 380 valence electrons. The van der Waals surface area contributed by atoms with Crippen molar-refractivity contribution in [3.8, 4) is 11.1 Å². The highest BCUT2D eigenvalue weighted by Gasteiger charge is 2.35. The minimum atomic E-state index is -2.01. The van der Waals surface area contributed by atoms with E-state index in [9.17, 15) is 69.6 Å². The van der Waals surface area contributed by atoms with Crippen LogP contribution >= 0.6 is 0 Å². The first-order valence-corrected chi connectivity index (χ1v) is 21.7. The molecule has 24 nitrogen and oxygen atoms in total. The fourth-order valence-corrected chi connectivity index (χ4v) is 7.17. The molecular formula is C44H67N7O17. The molecule has 1 aliphatic rings. The fraction of sp³-hybridized carbons (Fsp3) is 0.591. The van der Waals surface area contributed by atoms with Crippen LogP contribution in [0, 0.1) is 0 Å². The summed E-state index contributed by atoms with van der Waals surface area (Å²) < 4.78 is 5.60. The normalized spacial score (nSPS) is 15.6. The summed E-state index contributed by atoms with van der Waals surface area (Å²) in [6.45, 7) is -5.71. The summed E-state index contributed by atoms with van der Waals surface area (Å²) in [6.07, 6.45) is -16.0. The van der Waals surface area contributed by atoms with Gasteiger partial charge in [0.15, 0.2) is 0 Å². The number of hydrogen-bond acceptors (Lipinski definition) is 18. The number of carbonyl (C=O) groups excluding carboxylic acids is 6. The molecule has 6 amide bonds. The third-order valence-corrected chi connectivity index (χ3v) is 11.5. The van der Waals surface area contributed by atoms with E-state index in [0.29, 0.717) is 0 Å². The molecule has 0 aliphatic heterocycles. The maximum Gasteiger partial charge on any atom is 0.409 e. The molecule has 2 aromatic carbocycles. The van der Waals surface area contributed by atoms with Crippen LogP contribution in [0.3, 0.4) is 0 Å². The van der Waals surface area contributed by atoms with Crippen LogP contribution in [0.1, 0.15) is 17.0 Å². The second kappa shape index (κ2) is 27.0. The van der Waals surface area contributed by atoms with Crippen molar-refractivity contribution in [2.24, 2.45) is 0 Å². The summed E-state index contributed by atoms with van der Waals surface area (Å²) in [6, 6.07) is 15.7. The number of ether oxygens (including phenoxy) is 1. The number of rotatable bonds is 27. The van der Waals surface area contributed by atoms with Gasteiger partial charge in [-0.15, -0.1) is 0 Å². The van der Waals surface area contributed by atoms with Crippen molar-refractivity contribution in [3.05, 3.63) is 59.7 Å². The predicted octanol–water partition coefficient (Wildman–Crippen LogP) is -6.01. The van der Waals surface area contributed by atoms with E-state index >= 15 is 0 Å². The van der Waals surface area contributed by atoms with Crippen molar-refractivity contribution < 1.29 is 84.6 Å². The molecule has 0 aromatic heterocycles. The van der Waals surface area contributed by atoms with Gasteiger partial charge in [-0.05, 0) is 22.3 Å². The van der Waals surface area contributed by atoms with Crippen LogP contribution < -0.4 is 5.32 Å². The summed E-state index contributed by atoms with van der Waals surface area (Å²) in [5, 5.41) is 102. The van der Waals surface area contributed by atoms with Crippen molar-refractivity contribution >= 4 is 35.6 Å². The maximum absolute atomic E-state index is 13.0. The van der Waals surface area contributed by atoms with Gasteiger partial charge in [-0.2, -0.15) is 0 Å². The third kappa shape index (κ3) is 16.1. The van der Waals surface area contributed by atoms with Crippen LogP contribution in [0.15, 0.2) is 48.5 Å². The van der Waals surface area contributed by atoms with Crippen LogP contribution in [0.5, 0.6) is 0 Å². The molecule has 0 unspecified atom stereocenters. The first kappa shape index (κ1) is 56.9. The molecule has 0 saturated carbocycles. The molecule has 1 aliphatic carbocycles. The second-order valence-corrected chi connectivity index (χ2v) is 16.9. The number of nitrogens with zero attached hydrogens (tertiary/aromatic N) is 6. The number of benzene rings is 2. The molecule has 8 atom stereocenters. The highest BCUT2D eigenvalue weighted by molar-refractivity contribution is 5.91. The number of aliphatic hydroxyl groups is 10. The first-order valence-electron chi connectivity index (χ1n) is 21.7. The summed E-state index contributed by atoms with van der Waals surface area (Å²) in [5.41, 5.74) is 4.19. The van der Waals surface area contributed by atoms with Gasteiger partial charge in [0.25, 0.3) is 0 Å². The Hall–Kier alpha value is -5.38. The van der Waals surface area contributed by atoms with Gasteiger partial charge in [0.1, 0.15) is 49.8 Å². The van der Waals surface area contributed by atoms with Gasteiger partial charge in [-0.3, -0.25) is 28.9 Å². The number of amides is 6. The van der Waals surface area contributed by atoms with Gasteiger partial charge in [0.05, 0.1) is 51.6 Å². The molecular weight excluding hydrogens is 899 g/mol. The zero-order valence-electron chi connectivity index (χ0n) is 38.8. The largest absolute Gasteiger partial charge is 0.448 e. The molecule has 24 heteroatoms. The minimum absolute atomic E-state index is 0.0541. The molecule has 0 heterocycles. The Labute approximate surface area is 393 Å². The smallest absolute Gasteiger partial charge is 0.409 e. The topological polar surface area (TPSA) is 345 Å². The average molecular weight is 966 g/mol. The Bertz CT molecular complexity index is 1920. The number of nitrogens with one attached hydrogen (secondary N) is 1. The van der Waals surface area contributed by atoms with Gasteiger partial charge in [-0.25, -0.2) is 4.79 Å². The summed E-state index contributed by atoms with van der Waals surface area (Å²) in [4.78, 5) is 84.0. The standard InChI is InChI=1S/C44H67N7O17/c1-46(18-35(58)45-14-15-51(16-31(54)40(63)42(65)33(56)23-52)17-32(55)41(64)43(66)34(57)24-53)36(59)19-47(2)37(60)20-48(3)38(61)21-49(4)39(62)22-50(5)44(67)68-25-30-28-12-8-6-10-26(28)27-11-7-9-13-29(27)30/h6-13,30-34,40-43,52-57,63-66H,14-25H2,1-5H3,(H,45,58)/t31-,32-,33+,34+,40+,41+,42+,43+/m1/s1. The summed E-state index contributed by atoms with van der Waals surface area (Å²) in [5.74, 6) is -3.38. The molecule has 11 N–H and O–H groups in total. The highest BCUT2D eigenvalue weighted by Crippen LogP contribution is 2.44. The SMILES string of the molecule is CN(CC(=O)NCCN(C[C@@H](O)[C@H](O)[C@@H](O)[C@@H](O)CO)C[C@@H](O)[C@H](O)[C@@H](O)[C@@H](O)CO)C(=O)CN(C)C(=O)CN(C)C(=O)CN(C)C(=O)CN(C)C(=O)OCC1c2ccccc2-c2ccccc21. The van der Waals surface area contributed by atoms with Gasteiger partial charge in [-0.1, -0.05) is 48.5 Å². The summed E-state index contributed by atoms with van der Waals surface area (Å²) >= 11 is 0. The molecule has 3 rings (SSSR count). The lowest BCUT2D eigenvalue weighted by Crippen LogP contribution is -2.54. The molecule has 0 spiro atoms. The number of hydrogen-bond donors (Lipinski definition) is 11. The van der Waals surface area contributed by atoms with Crippen LogP contribution in [-0.2, 0) is 28.7 Å². The molecule has 0 saturated heterocycles. The monoisotopic (exact) mass is 965 g/mol. The lowest BCUT2D eigenvalue weighted by atomic mass is 9.98. The highest BCUT2D eigenvalue weighted by atomic mass is 16.6. The van der Waals surface area contributed by atoms with E-state index in [4.69, 9.17) is 14.9 Å². The van der Waals surface area contributed by atoms with Gasteiger partial charge >= 0.3 is 6.09 Å². The summed E-state index contributed by atoms with van der Waals surface area (Å²) in [7, 11) is 6.68. The Balaban J connectivity index is 1.43. The van der Waals surface area contributed by atoms with Gasteiger partial charge in [0.2, 0.25) is 29.5 Å². The number of likely N-dealkylation sites (N-methyl/N-ethyl adjacent to an activating group) is 5. The van der Waals surface area contributed by atoms with Crippen molar-refractivity contribution in [2.45, 2.75) is 54.7 Å². The molecule has 0 radical (unpaired) electrons. The Kier molecular flexibility index (Phi) is 22.6. The Morgan fingerprint density at radius 3 is 1.28 bits per heavy atom. The van der Waals surface area contributed by atoms with Crippen molar-refractivity contribution in [1.82, 2.24) is 34.7 Å². The van der Waals surface area contributed by atoms with E-state index in [0.717, 1.165) is 46.8 Å². The average Bonchev–Trinajstić information content (AvgIpc) is 3.64.